The van der Waals surface area contributed by atoms with E-state index in [0.717, 1.165) is 48.8 Å². The molecule has 44 heavy (non-hydrogen) atoms. The second kappa shape index (κ2) is 17.3. The topological polar surface area (TPSA) is 161 Å². The molecule has 10 heteroatoms. The van der Waals surface area contributed by atoms with Crippen molar-refractivity contribution in [2.45, 2.75) is 104 Å². The van der Waals surface area contributed by atoms with Gasteiger partial charge in [-0.15, -0.1) is 0 Å². The van der Waals surface area contributed by atoms with E-state index in [4.69, 9.17) is 19.9 Å². The third-order valence-corrected chi connectivity index (χ3v) is 8.36. The highest BCUT2D eigenvalue weighted by atomic mass is 16.6. The van der Waals surface area contributed by atoms with Gasteiger partial charge >= 0.3 is 11.9 Å². The number of nitrogens with one attached hydrogen (secondary N) is 1. The molecule has 0 spiro atoms. The Balaban J connectivity index is 1.89. The van der Waals surface area contributed by atoms with Gasteiger partial charge in [-0.3, -0.25) is 9.59 Å². The third-order valence-electron chi connectivity index (χ3n) is 8.36. The number of rotatable bonds is 14. The summed E-state index contributed by atoms with van der Waals surface area (Å²) in [4.78, 5) is 24.6. The molecular formula is C34H52N2O8. The van der Waals surface area contributed by atoms with Crippen LogP contribution in [0.3, 0.4) is 0 Å². The maximum atomic E-state index is 12.3. The molecule has 5 unspecified atom stereocenters. The summed E-state index contributed by atoms with van der Waals surface area (Å²) in [6.45, 7) is 7.54. The fourth-order valence-corrected chi connectivity index (χ4v) is 6.62. The third kappa shape index (κ3) is 11.4. The quantitative estimate of drug-likeness (QED) is 0.190. The molecular weight excluding hydrogens is 564 g/mol. The number of allylic oxidation sites excluding steroid dienone is 2. The van der Waals surface area contributed by atoms with Crippen LogP contribution in [-0.2, 0) is 25.5 Å². The van der Waals surface area contributed by atoms with Gasteiger partial charge in [0.2, 0.25) is 0 Å². The summed E-state index contributed by atoms with van der Waals surface area (Å²) < 4.78 is 17.3. The molecule has 1 aromatic carbocycles. The Bertz CT molecular complexity index is 1160. The Hall–Kier alpha value is -3.24. The maximum absolute atomic E-state index is 12.3. The monoisotopic (exact) mass is 616 g/mol. The molecule has 246 valence electrons. The first-order valence-corrected chi connectivity index (χ1v) is 16.0. The largest absolute Gasteiger partial charge is 0.504 e. The van der Waals surface area contributed by atoms with Crippen LogP contribution in [0.25, 0.3) is 5.57 Å². The fourth-order valence-electron chi connectivity index (χ4n) is 6.62. The second-order valence-electron chi connectivity index (χ2n) is 12.7. The number of aryl methyl sites for hydroxylation is 1. The van der Waals surface area contributed by atoms with Crippen LogP contribution in [0.5, 0.6) is 11.5 Å². The zero-order valence-corrected chi connectivity index (χ0v) is 26.7. The molecule has 3 rings (SSSR count). The number of benzene rings is 1. The minimum Gasteiger partial charge on any atom is -0.504 e. The van der Waals surface area contributed by atoms with Crippen LogP contribution in [0.2, 0.25) is 0 Å². The van der Waals surface area contributed by atoms with Gasteiger partial charge in [0.25, 0.3) is 0 Å². The standard InChI is InChI=1S/C34H52N2O8/c1-21(2)14-24-6-5-7-28(40)16-27(15-24)32(44-23(4)39)19-29(43-22(3)38)9-8-25-17-33(42-13-12-37)31(41)20-30(25)26-10-11-36-34(35)18-26/h10,17-18,20-21,24,27-29,32,36-37,40-41H,5-9,11-16,19,35H2,1-4H3. The van der Waals surface area contributed by atoms with Crippen molar-refractivity contribution < 1.29 is 39.1 Å². The molecule has 0 amide bonds. The molecule has 0 saturated heterocycles. The van der Waals surface area contributed by atoms with Gasteiger partial charge in [0.1, 0.15) is 18.8 Å². The Morgan fingerprint density at radius 3 is 2.52 bits per heavy atom. The summed E-state index contributed by atoms with van der Waals surface area (Å²) in [7, 11) is 0. The Kier molecular flexibility index (Phi) is 13.9. The van der Waals surface area contributed by atoms with E-state index >= 15 is 0 Å². The SMILES string of the molecule is CC(=O)OC(CCc1cc(OCCO)c(O)cc1C1=CCNC(N)=C1)CC(OC(C)=O)C1CC(O)CCCC(CC(C)C)C1. The molecule has 1 fully saturated rings. The van der Waals surface area contributed by atoms with Crippen molar-refractivity contribution in [1.82, 2.24) is 5.32 Å². The molecule has 5 atom stereocenters. The van der Waals surface area contributed by atoms with Gasteiger partial charge in [0.15, 0.2) is 11.5 Å². The minimum absolute atomic E-state index is 0.0248. The van der Waals surface area contributed by atoms with Gasteiger partial charge in [-0.2, -0.15) is 0 Å². The highest BCUT2D eigenvalue weighted by molar-refractivity contribution is 5.79. The normalized spacial score (nSPS) is 22.0. The van der Waals surface area contributed by atoms with E-state index in [1.54, 1.807) is 18.2 Å². The molecule has 0 aromatic heterocycles. The lowest BCUT2D eigenvalue weighted by atomic mass is 9.76. The number of aromatic hydroxyl groups is 1. The van der Waals surface area contributed by atoms with Crippen LogP contribution in [0.4, 0.5) is 0 Å². The first kappa shape index (κ1) is 35.2. The molecule has 10 nitrogen and oxygen atoms in total. The fraction of sp³-hybridized carbons (Fsp3) is 0.647. The van der Waals surface area contributed by atoms with Gasteiger partial charge in [0.05, 0.1) is 18.5 Å². The first-order chi connectivity index (χ1) is 20.9. The number of carbonyl (C=O) groups excluding carboxylic acids is 2. The molecule has 0 radical (unpaired) electrons. The van der Waals surface area contributed by atoms with Crippen LogP contribution < -0.4 is 15.8 Å². The van der Waals surface area contributed by atoms with Crippen molar-refractivity contribution >= 4 is 17.5 Å². The number of dihydropyridines is 1. The number of nitrogens with two attached hydrogens (primary N) is 1. The number of phenolic OH excluding ortho intramolecular Hbond substituents is 1. The molecule has 1 aliphatic heterocycles. The molecule has 1 aliphatic carbocycles. The second-order valence-corrected chi connectivity index (χ2v) is 12.7. The zero-order valence-electron chi connectivity index (χ0n) is 26.7. The predicted molar refractivity (Wildman–Crippen MR) is 169 cm³/mol. The number of carbonyl (C=O) groups is 2. The van der Waals surface area contributed by atoms with E-state index in [1.165, 1.54) is 13.8 Å². The highest BCUT2D eigenvalue weighted by Crippen LogP contribution is 2.37. The van der Waals surface area contributed by atoms with E-state index in [0.29, 0.717) is 49.9 Å². The van der Waals surface area contributed by atoms with Gasteiger partial charge in [-0.05, 0) is 91.2 Å². The number of phenols is 1. The van der Waals surface area contributed by atoms with Crippen molar-refractivity contribution in [3.63, 3.8) is 0 Å². The summed E-state index contributed by atoms with van der Waals surface area (Å²) in [6, 6.07) is 3.36. The van der Waals surface area contributed by atoms with Crippen molar-refractivity contribution in [2.75, 3.05) is 19.8 Å². The number of ether oxygens (including phenoxy) is 3. The van der Waals surface area contributed by atoms with Gasteiger partial charge < -0.3 is 40.6 Å². The summed E-state index contributed by atoms with van der Waals surface area (Å²) >= 11 is 0. The van der Waals surface area contributed by atoms with E-state index in [1.807, 2.05) is 6.08 Å². The molecule has 6 N–H and O–H groups in total. The highest BCUT2D eigenvalue weighted by Gasteiger charge is 2.34. The summed E-state index contributed by atoms with van der Waals surface area (Å²) in [5, 5.41) is 33.7. The number of hydrogen-bond acceptors (Lipinski definition) is 10. The van der Waals surface area contributed by atoms with E-state index in [-0.39, 0.29) is 30.6 Å². The molecule has 1 heterocycles. The average Bonchev–Trinajstić information content (AvgIpc) is 2.92. The summed E-state index contributed by atoms with van der Waals surface area (Å²) in [6.07, 6.45) is 8.57. The summed E-state index contributed by atoms with van der Waals surface area (Å²) in [5.74, 6) is 0.799. The first-order valence-electron chi connectivity index (χ1n) is 16.0. The Morgan fingerprint density at radius 1 is 1.11 bits per heavy atom. The molecule has 0 bridgehead atoms. The van der Waals surface area contributed by atoms with E-state index in [9.17, 15) is 24.9 Å². The number of hydrogen-bond donors (Lipinski definition) is 5. The average molecular weight is 617 g/mol. The minimum atomic E-state index is -0.561. The lowest BCUT2D eigenvalue weighted by Crippen LogP contribution is -2.36. The maximum Gasteiger partial charge on any atom is 0.302 e. The number of aliphatic hydroxyl groups is 2. The lowest BCUT2D eigenvalue weighted by molar-refractivity contribution is -0.157. The van der Waals surface area contributed by atoms with Crippen molar-refractivity contribution in [3.05, 3.63) is 41.2 Å². The predicted octanol–water partition coefficient (Wildman–Crippen LogP) is 4.34. The van der Waals surface area contributed by atoms with Crippen LogP contribution in [0.1, 0.15) is 90.2 Å². The number of esters is 2. The summed E-state index contributed by atoms with van der Waals surface area (Å²) in [5.41, 5.74) is 8.47. The molecule has 2 aliphatic rings. The Morgan fingerprint density at radius 2 is 1.86 bits per heavy atom. The van der Waals surface area contributed by atoms with E-state index < -0.39 is 30.3 Å². The number of aliphatic hydroxyl groups excluding tert-OH is 2. The van der Waals surface area contributed by atoms with Crippen LogP contribution >= 0.6 is 0 Å². The van der Waals surface area contributed by atoms with Crippen LogP contribution in [0.15, 0.2) is 30.1 Å². The lowest BCUT2D eigenvalue weighted by Gasteiger charge is -2.35. The van der Waals surface area contributed by atoms with Crippen molar-refractivity contribution in [1.29, 1.82) is 0 Å². The van der Waals surface area contributed by atoms with Crippen molar-refractivity contribution in [3.8, 4) is 11.5 Å². The van der Waals surface area contributed by atoms with Gasteiger partial charge in [-0.25, -0.2) is 0 Å². The smallest absolute Gasteiger partial charge is 0.302 e. The Labute approximate surface area is 261 Å². The van der Waals surface area contributed by atoms with Gasteiger partial charge in [0, 0.05) is 26.8 Å². The van der Waals surface area contributed by atoms with Crippen LogP contribution in [0, 0.1) is 17.8 Å². The zero-order chi connectivity index (χ0) is 32.2. The van der Waals surface area contributed by atoms with Crippen LogP contribution in [-0.4, -0.2) is 65.3 Å². The van der Waals surface area contributed by atoms with E-state index in [2.05, 4.69) is 19.2 Å². The van der Waals surface area contributed by atoms with Gasteiger partial charge in [-0.1, -0.05) is 32.8 Å². The van der Waals surface area contributed by atoms with Crippen molar-refractivity contribution in [2.24, 2.45) is 23.5 Å². The molecule has 1 aromatic rings. The molecule has 1 saturated carbocycles.